The maximum absolute atomic E-state index is 12.8. The number of amides is 1. The summed E-state index contributed by atoms with van der Waals surface area (Å²) in [6.07, 6.45) is 1.71. The lowest BCUT2D eigenvalue weighted by molar-refractivity contribution is -0.385. The van der Waals surface area contributed by atoms with Gasteiger partial charge in [-0.25, -0.2) is 0 Å². The Morgan fingerprint density at radius 3 is 2.76 bits per heavy atom. The molecular formula is C20H17N3O5S. The molecule has 4 rings (SSSR count). The molecule has 2 aromatic carbocycles. The lowest BCUT2D eigenvalue weighted by atomic mass is 10.1. The van der Waals surface area contributed by atoms with Gasteiger partial charge in [0.15, 0.2) is 16.3 Å². The zero-order valence-electron chi connectivity index (χ0n) is 15.6. The van der Waals surface area contributed by atoms with E-state index < -0.39 is 10.8 Å². The lowest BCUT2D eigenvalue weighted by Gasteiger charge is -2.18. The zero-order chi connectivity index (χ0) is 20.5. The van der Waals surface area contributed by atoms with Crippen LogP contribution in [-0.2, 0) is 6.54 Å². The van der Waals surface area contributed by atoms with Crippen LogP contribution in [0.5, 0.6) is 11.5 Å². The first-order chi connectivity index (χ1) is 14.0. The second kappa shape index (κ2) is 7.51. The lowest BCUT2D eigenvalue weighted by Crippen LogP contribution is -2.17. The number of hydrogen-bond acceptors (Lipinski definition) is 6. The topological polar surface area (TPSA) is 96.0 Å². The molecule has 1 aliphatic rings. The summed E-state index contributed by atoms with van der Waals surface area (Å²) in [4.78, 5) is 28.2. The standard InChI is InChI=1S/C20H17N3O5S/c1-3-7-22-15-10-16-17(28-9-8-27-16)11-18(15)29-20(22)21-19(24)13-5-4-6-14(12(13)2)23(25)26/h3-6,10-11H,1,7-9H2,2H3. The third kappa shape index (κ3) is 3.40. The fourth-order valence-electron chi connectivity index (χ4n) is 3.20. The maximum Gasteiger partial charge on any atom is 0.280 e. The van der Waals surface area contributed by atoms with Gasteiger partial charge in [-0.3, -0.25) is 14.9 Å². The molecule has 0 saturated carbocycles. The van der Waals surface area contributed by atoms with E-state index in [0.717, 1.165) is 10.2 Å². The second-order valence-electron chi connectivity index (χ2n) is 6.37. The first kappa shape index (κ1) is 18.9. The molecule has 3 aromatic rings. The molecule has 0 radical (unpaired) electrons. The van der Waals surface area contributed by atoms with E-state index in [1.165, 1.54) is 23.5 Å². The number of benzene rings is 2. The Morgan fingerprint density at radius 2 is 2.07 bits per heavy atom. The second-order valence-corrected chi connectivity index (χ2v) is 7.38. The van der Waals surface area contributed by atoms with Gasteiger partial charge in [-0.15, -0.1) is 6.58 Å². The van der Waals surface area contributed by atoms with E-state index in [2.05, 4.69) is 11.6 Å². The molecule has 0 unspecified atom stereocenters. The van der Waals surface area contributed by atoms with Crippen LogP contribution in [0.15, 0.2) is 48.0 Å². The number of aromatic nitrogens is 1. The number of nitrogens with zero attached hydrogens (tertiary/aromatic N) is 3. The predicted octanol–water partition coefficient (Wildman–Crippen LogP) is 3.62. The number of carbonyl (C=O) groups is 1. The van der Waals surface area contributed by atoms with Crippen LogP contribution in [0.4, 0.5) is 5.69 Å². The first-order valence-corrected chi connectivity index (χ1v) is 9.68. The minimum Gasteiger partial charge on any atom is -0.486 e. The monoisotopic (exact) mass is 411 g/mol. The molecule has 0 bridgehead atoms. The Hall–Kier alpha value is -3.46. The quantitative estimate of drug-likeness (QED) is 0.371. The number of rotatable bonds is 4. The van der Waals surface area contributed by atoms with Crippen molar-refractivity contribution in [2.45, 2.75) is 13.5 Å². The number of fused-ring (bicyclic) bond motifs is 2. The van der Waals surface area contributed by atoms with E-state index >= 15 is 0 Å². The van der Waals surface area contributed by atoms with Crippen LogP contribution in [0.2, 0.25) is 0 Å². The van der Waals surface area contributed by atoms with Crippen molar-refractivity contribution in [3.63, 3.8) is 0 Å². The number of carbonyl (C=O) groups excluding carboxylic acids is 1. The molecule has 1 aromatic heterocycles. The summed E-state index contributed by atoms with van der Waals surface area (Å²) in [6.45, 7) is 6.73. The Kier molecular flexibility index (Phi) is 4.89. The molecule has 148 valence electrons. The van der Waals surface area contributed by atoms with Crippen molar-refractivity contribution in [2.75, 3.05) is 13.2 Å². The number of hydrogen-bond donors (Lipinski definition) is 0. The molecule has 0 saturated heterocycles. The molecule has 1 amide bonds. The zero-order valence-corrected chi connectivity index (χ0v) is 16.4. The van der Waals surface area contributed by atoms with Gasteiger partial charge in [0.25, 0.3) is 11.6 Å². The number of nitro benzene ring substituents is 1. The van der Waals surface area contributed by atoms with E-state index in [1.807, 2.05) is 16.7 Å². The Morgan fingerprint density at radius 1 is 1.34 bits per heavy atom. The third-order valence-corrected chi connectivity index (χ3v) is 5.63. The molecule has 0 aliphatic carbocycles. The van der Waals surface area contributed by atoms with Gasteiger partial charge < -0.3 is 14.0 Å². The maximum atomic E-state index is 12.8. The van der Waals surface area contributed by atoms with Crippen LogP contribution >= 0.6 is 11.3 Å². The van der Waals surface area contributed by atoms with Gasteiger partial charge in [-0.2, -0.15) is 4.99 Å². The predicted molar refractivity (Wildman–Crippen MR) is 109 cm³/mol. The van der Waals surface area contributed by atoms with Crippen molar-refractivity contribution >= 4 is 33.1 Å². The minimum atomic E-state index is -0.534. The van der Waals surface area contributed by atoms with Crippen LogP contribution in [0.1, 0.15) is 15.9 Å². The number of nitro groups is 1. The highest BCUT2D eigenvalue weighted by molar-refractivity contribution is 7.16. The van der Waals surface area contributed by atoms with Crippen LogP contribution in [-0.4, -0.2) is 28.6 Å². The molecule has 29 heavy (non-hydrogen) atoms. The van der Waals surface area contributed by atoms with Crippen molar-refractivity contribution in [1.29, 1.82) is 0 Å². The average Bonchev–Trinajstić information content (AvgIpc) is 3.02. The smallest absolute Gasteiger partial charge is 0.280 e. The number of ether oxygens (including phenoxy) is 2. The number of thiazole rings is 1. The molecule has 0 fully saturated rings. The molecule has 9 heteroatoms. The van der Waals surface area contributed by atoms with Gasteiger partial charge in [-0.1, -0.05) is 23.5 Å². The van der Waals surface area contributed by atoms with Crippen LogP contribution < -0.4 is 14.3 Å². The molecular weight excluding hydrogens is 394 g/mol. The van der Waals surface area contributed by atoms with Gasteiger partial charge in [0.2, 0.25) is 0 Å². The van der Waals surface area contributed by atoms with Gasteiger partial charge in [0, 0.05) is 30.3 Å². The van der Waals surface area contributed by atoms with Crippen LogP contribution in [0.25, 0.3) is 10.2 Å². The molecule has 0 atom stereocenters. The van der Waals surface area contributed by atoms with Gasteiger partial charge >= 0.3 is 0 Å². The third-order valence-electron chi connectivity index (χ3n) is 4.59. The van der Waals surface area contributed by atoms with Crippen molar-refractivity contribution in [1.82, 2.24) is 4.57 Å². The highest BCUT2D eigenvalue weighted by atomic mass is 32.1. The van der Waals surface area contributed by atoms with E-state index in [9.17, 15) is 14.9 Å². The fraction of sp³-hybridized carbons (Fsp3) is 0.200. The SMILES string of the molecule is C=CCn1c(=NC(=O)c2cccc([N+](=O)[O-])c2C)sc2cc3c(cc21)OCCO3. The Labute approximate surface area is 169 Å². The largest absolute Gasteiger partial charge is 0.486 e. The van der Waals surface area contributed by atoms with Gasteiger partial charge in [-0.05, 0) is 13.0 Å². The van der Waals surface area contributed by atoms with E-state index in [-0.39, 0.29) is 11.3 Å². The van der Waals surface area contributed by atoms with Gasteiger partial charge in [0.1, 0.15) is 13.2 Å². The van der Waals surface area contributed by atoms with Crippen LogP contribution in [0.3, 0.4) is 0 Å². The Balaban J connectivity index is 1.86. The summed E-state index contributed by atoms with van der Waals surface area (Å²) in [5.74, 6) is 0.766. The minimum absolute atomic E-state index is 0.108. The molecule has 8 nitrogen and oxygen atoms in total. The normalized spacial score (nSPS) is 13.5. The fourth-order valence-corrected chi connectivity index (χ4v) is 4.25. The highest BCUT2D eigenvalue weighted by Gasteiger charge is 2.19. The Bertz CT molecular complexity index is 1220. The van der Waals surface area contributed by atoms with Crippen molar-refractivity contribution in [3.05, 3.63) is 69.0 Å². The van der Waals surface area contributed by atoms with E-state index in [4.69, 9.17) is 9.47 Å². The van der Waals surface area contributed by atoms with Crippen LogP contribution in [0, 0.1) is 17.0 Å². The molecule has 0 N–H and O–H groups in total. The summed E-state index contributed by atoms with van der Waals surface area (Å²) >= 11 is 1.33. The summed E-state index contributed by atoms with van der Waals surface area (Å²) < 4.78 is 14.0. The summed E-state index contributed by atoms with van der Waals surface area (Å²) in [7, 11) is 0. The highest BCUT2D eigenvalue weighted by Crippen LogP contribution is 2.35. The van der Waals surface area contributed by atoms with Crippen molar-refractivity contribution in [3.8, 4) is 11.5 Å². The summed E-state index contributed by atoms with van der Waals surface area (Å²) in [5.41, 5.74) is 1.23. The van der Waals surface area contributed by atoms with E-state index in [1.54, 1.807) is 19.1 Å². The summed E-state index contributed by atoms with van der Waals surface area (Å²) in [5, 5.41) is 11.2. The molecule has 2 heterocycles. The van der Waals surface area contributed by atoms with E-state index in [0.29, 0.717) is 41.6 Å². The van der Waals surface area contributed by atoms with Crippen molar-refractivity contribution < 1.29 is 19.2 Å². The van der Waals surface area contributed by atoms with Crippen molar-refractivity contribution in [2.24, 2.45) is 4.99 Å². The molecule has 1 aliphatic heterocycles. The summed E-state index contributed by atoms with van der Waals surface area (Å²) in [6, 6.07) is 8.13. The van der Waals surface area contributed by atoms with Gasteiger partial charge in [0.05, 0.1) is 20.7 Å². The average molecular weight is 411 g/mol. The first-order valence-electron chi connectivity index (χ1n) is 8.86. The molecule has 0 spiro atoms. The number of allylic oxidation sites excluding steroid dienone is 1.